The summed E-state index contributed by atoms with van der Waals surface area (Å²) in [5.74, 6) is 0.791. The van der Waals surface area contributed by atoms with Crippen LogP contribution in [0.25, 0.3) is 10.9 Å². The molecule has 2 heterocycles. The van der Waals surface area contributed by atoms with E-state index in [1.54, 1.807) is 7.11 Å². The predicted octanol–water partition coefficient (Wildman–Crippen LogP) is 2.59. The van der Waals surface area contributed by atoms with Crippen LogP contribution in [0.4, 0.5) is 0 Å². The van der Waals surface area contributed by atoms with Gasteiger partial charge in [-0.2, -0.15) is 5.10 Å². The molecule has 0 bridgehead atoms. The molecule has 1 aliphatic rings. The number of hydrazone groups is 1. The van der Waals surface area contributed by atoms with Gasteiger partial charge in [-0.15, -0.1) is 0 Å². The van der Waals surface area contributed by atoms with Gasteiger partial charge in [0.25, 0.3) is 0 Å². The van der Waals surface area contributed by atoms with Crippen molar-refractivity contribution < 1.29 is 9.84 Å². The molecule has 5 nitrogen and oxygen atoms in total. The van der Waals surface area contributed by atoms with Crippen molar-refractivity contribution in [1.29, 1.82) is 0 Å². The molecule has 2 atom stereocenters. The number of hydrogen-bond acceptors (Lipinski definition) is 4. The third-order valence-corrected chi connectivity index (χ3v) is 4.26. The third-order valence-electron chi connectivity index (χ3n) is 4.26. The second-order valence-electron chi connectivity index (χ2n) is 5.57. The van der Waals surface area contributed by atoms with E-state index in [9.17, 15) is 5.11 Å². The number of aliphatic hydroxyl groups is 1. The van der Waals surface area contributed by atoms with Gasteiger partial charge in [0.05, 0.1) is 7.11 Å². The molecule has 0 aliphatic carbocycles. The monoisotopic (exact) mass is 307 g/mol. The van der Waals surface area contributed by atoms with Crippen molar-refractivity contribution in [3.63, 3.8) is 0 Å². The van der Waals surface area contributed by atoms with Gasteiger partial charge in [-0.25, -0.2) is 0 Å². The number of nitrogens with one attached hydrogen (secondary N) is 2. The van der Waals surface area contributed by atoms with Crippen LogP contribution in [0.2, 0.25) is 0 Å². The van der Waals surface area contributed by atoms with Crippen LogP contribution in [0.3, 0.4) is 0 Å². The quantitative estimate of drug-likeness (QED) is 0.696. The van der Waals surface area contributed by atoms with Crippen molar-refractivity contribution in [3.05, 3.63) is 65.9 Å². The van der Waals surface area contributed by atoms with Crippen LogP contribution >= 0.6 is 0 Å². The Hall–Kier alpha value is -2.79. The highest BCUT2D eigenvalue weighted by Gasteiger charge is 2.33. The first-order valence-corrected chi connectivity index (χ1v) is 7.49. The van der Waals surface area contributed by atoms with E-state index in [2.05, 4.69) is 15.5 Å². The maximum absolute atomic E-state index is 10.7. The fourth-order valence-corrected chi connectivity index (χ4v) is 3.00. The molecule has 0 saturated carbocycles. The zero-order valence-electron chi connectivity index (χ0n) is 12.7. The number of aromatic nitrogens is 1. The van der Waals surface area contributed by atoms with E-state index >= 15 is 0 Å². The van der Waals surface area contributed by atoms with Crippen LogP contribution in [0, 0.1) is 0 Å². The Balaban J connectivity index is 1.65. The normalized spacial score (nSPS) is 20.3. The van der Waals surface area contributed by atoms with Crippen LogP contribution in [-0.4, -0.2) is 29.0 Å². The fraction of sp³-hybridized carbons (Fsp3) is 0.167. The summed E-state index contributed by atoms with van der Waals surface area (Å²) in [5, 5.41) is 16.2. The maximum atomic E-state index is 10.7. The highest BCUT2D eigenvalue weighted by molar-refractivity contribution is 6.13. The Bertz CT molecular complexity index is 867. The lowest BCUT2D eigenvalue weighted by atomic mass is 9.96. The van der Waals surface area contributed by atoms with E-state index in [-0.39, 0.29) is 6.04 Å². The minimum Gasteiger partial charge on any atom is -0.497 e. The van der Waals surface area contributed by atoms with Gasteiger partial charge in [-0.1, -0.05) is 30.3 Å². The summed E-state index contributed by atoms with van der Waals surface area (Å²) in [6, 6.07) is 15.4. The topological polar surface area (TPSA) is 69.6 Å². The first-order valence-electron chi connectivity index (χ1n) is 7.49. The molecule has 0 spiro atoms. The number of fused-ring (bicyclic) bond motifs is 1. The number of para-hydroxylation sites is 1. The summed E-state index contributed by atoms with van der Waals surface area (Å²) in [6.45, 7) is 0. The molecule has 3 aromatic rings. The molecule has 4 rings (SSSR count). The van der Waals surface area contributed by atoms with Crippen molar-refractivity contribution in [1.82, 2.24) is 10.4 Å². The maximum Gasteiger partial charge on any atom is 0.124 e. The first-order chi connectivity index (χ1) is 11.3. The lowest BCUT2D eigenvalue weighted by Crippen LogP contribution is -2.27. The molecule has 23 heavy (non-hydrogen) atoms. The molecule has 0 amide bonds. The van der Waals surface area contributed by atoms with Crippen molar-refractivity contribution in [2.75, 3.05) is 7.11 Å². The summed E-state index contributed by atoms with van der Waals surface area (Å²) in [5.41, 5.74) is 6.63. The van der Waals surface area contributed by atoms with Crippen LogP contribution in [0.1, 0.15) is 17.2 Å². The second-order valence-corrected chi connectivity index (χ2v) is 5.57. The molecule has 0 fully saturated rings. The van der Waals surface area contributed by atoms with E-state index in [0.717, 1.165) is 27.8 Å². The van der Waals surface area contributed by atoms with Gasteiger partial charge in [0.2, 0.25) is 0 Å². The largest absolute Gasteiger partial charge is 0.497 e. The van der Waals surface area contributed by atoms with E-state index in [4.69, 9.17) is 4.74 Å². The molecule has 116 valence electrons. The van der Waals surface area contributed by atoms with E-state index in [1.807, 2.05) is 54.7 Å². The average Bonchev–Trinajstić information content (AvgIpc) is 3.18. The summed E-state index contributed by atoms with van der Waals surface area (Å²) in [7, 11) is 1.63. The number of H-pyrrole nitrogens is 1. The van der Waals surface area contributed by atoms with Crippen molar-refractivity contribution in [2.24, 2.45) is 5.10 Å². The summed E-state index contributed by atoms with van der Waals surface area (Å²) >= 11 is 0. The number of aromatic amines is 1. The molecular formula is C18H17N3O2. The molecule has 1 aliphatic heterocycles. The van der Waals surface area contributed by atoms with Gasteiger partial charge in [0.15, 0.2) is 0 Å². The molecule has 3 N–H and O–H groups in total. The summed E-state index contributed by atoms with van der Waals surface area (Å²) < 4.78 is 5.17. The second kappa shape index (κ2) is 5.44. The van der Waals surface area contributed by atoms with Gasteiger partial charge >= 0.3 is 0 Å². The van der Waals surface area contributed by atoms with Gasteiger partial charge < -0.3 is 14.8 Å². The van der Waals surface area contributed by atoms with Crippen LogP contribution < -0.4 is 10.2 Å². The van der Waals surface area contributed by atoms with Gasteiger partial charge in [-0.3, -0.25) is 5.43 Å². The number of ether oxygens (including phenoxy) is 1. The lowest BCUT2D eigenvalue weighted by Gasteiger charge is -2.16. The van der Waals surface area contributed by atoms with Gasteiger partial charge in [-0.05, 0) is 23.8 Å². The number of hydrogen-bond donors (Lipinski definition) is 3. The van der Waals surface area contributed by atoms with Crippen LogP contribution in [-0.2, 0) is 0 Å². The molecule has 1 aromatic heterocycles. The number of methoxy groups -OCH3 is 1. The minimum atomic E-state index is -0.706. The number of aliphatic hydroxyl groups excluding tert-OH is 1. The third kappa shape index (κ3) is 2.26. The highest BCUT2D eigenvalue weighted by Crippen LogP contribution is 2.29. The molecule has 0 radical (unpaired) electrons. The Kier molecular flexibility index (Phi) is 3.28. The van der Waals surface area contributed by atoms with Gasteiger partial charge in [0.1, 0.15) is 23.6 Å². The van der Waals surface area contributed by atoms with Crippen molar-refractivity contribution >= 4 is 16.6 Å². The van der Waals surface area contributed by atoms with E-state index in [0.29, 0.717) is 5.71 Å². The molecule has 2 aromatic carbocycles. The molecule has 0 saturated heterocycles. The van der Waals surface area contributed by atoms with E-state index in [1.165, 1.54) is 0 Å². The van der Waals surface area contributed by atoms with Crippen LogP contribution in [0.5, 0.6) is 5.75 Å². The molecule has 0 unspecified atom stereocenters. The zero-order chi connectivity index (χ0) is 15.8. The lowest BCUT2D eigenvalue weighted by molar-refractivity contribution is 0.207. The average molecular weight is 307 g/mol. The molecule has 5 heteroatoms. The van der Waals surface area contributed by atoms with Crippen molar-refractivity contribution in [2.45, 2.75) is 12.1 Å². The number of benzene rings is 2. The van der Waals surface area contributed by atoms with Gasteiger partial charge in [0, 0.05) is 22.7 Å². The zero-order valence-corrected chi connectivity index (χ0v) is 12.7. The molecular weight excluding hydrogens is 290 g/mol. The smallest absolute Gasteiger partial charge is 0.124 e. The Morgan fingerprint density at radius 3 is 2.65 bits per heavy atom. The standard InChI is InChI=1S/C18H17N3O2/c1-23-12-8-6-11(7-9-12)16-18(22)17(21-20-16)14-10-19-15-5-3-2-4-13(14)15/h2-10,16,18-20,22H,1H3/t16-,18+/m1/s1. The van der Waals surface area contributed by atoms with Crippen molar-refractivity contribution in [3.8, 4) is 5.75 Å². The van der Waals surface area contributed by atoms with E-state index < -0.39 is 6.10 Å². The predicted molar refractivity (Wildman–Crippen MR) is 89.7 cm³/mol. The fourth-order valence-electron chi connectivity index (χ4n) is 3.00. The Morgan fingerprint density at radius 2 is 1.87 bits per heavy atom. The number of nitrogens with zero attached hydrogens (tertiary/aromatic N) is 1. The summed E-state index contributed by atoms with van der Waals surface area (Å²) in [4.78, 5) is 3.22. The Morgan fingerprint density at radius 1 is 1.09 bits per heavy atom. The highest BCUT2D eigenvalue weighted by atomic mass is 16.5. The first kappa shape index (κ1) is 13.8. The Labute approximate surface area is 133 Å². The number of rotatable bonds is 3. The minimum absolute atomic E-state index is 0.260. The SMILES string of the molecule is COc1ccc([C@H]2NN=C(c3c[nH]c4ccccc34)[C@H]2O)cc1. The van der Waals surface area contributed by atoms with Crippen LogP contribution in [0.15, 0.2) is 59.8 Å². The summed E-state index contributed by atoms with van der Waals surface area (Å²) in [6.07, 6.45) is 1.19.